The Morgan fingerprint density at radius 3 is 2.30 bits per heavy atom. The van der Waals surface area contributed by atoms with Crippen molar-refractivity contribution >= 4 is 11.8 Å². The summed E-state index contributed by atoms with van der Waals surface area (Å²) in [5.74, 6) is 0.814. The Balaban J connectivity index is 1.44. The van der Waals surface area contributed by atoms with Crippen LogP contribution < -0.4 is 0 Å². The summed E-state index contributed by atoms with van der Waals surface area (Å²) in [6, 6.07) is 0. The Morgan fingerprint density at radius 1 is 0.950 bits per heavy atom. The van der Waals surface area contributed by atoms with E-state index in [1.807, 2.05) is 0 Å². The molecular formula is C33H54O7. The Kier molecular flexibility index (Phi) is 13.4. The van der Waals surface area contributed by atoms with Crippen LogP contribution in [0.25, 0.3) is 0 Å². The quantitative estimate of drug-likeness (QED) is 0.166. The lowest BCUT2D eigenvalue weighted by Gasteiger charge is -2.35. The second-order valence-corrected chi connectivity index (χ2v) is 12.6. The third-order valence-corrected chi connectivity index (χ3v) is 9.73. The standard InChI is InChI=1S/C33H54O7/c1-2-24-15-17-25(18-16-24)29(39-32-13-7-9-21-37-32)20-19-27-26(11-5-3-4-6-12-31(35)36)28(34)23-30(27)40-33-14-8-10-22-38-33/h19-20,24-27,29-30,32-33H,2-18,21-23H2,1H3,(H,35,36)/t24-,25-,26-,27-,29-,30-,32?,33?/m1/s1. The molecule has 1 N–H and O–H groups in total. The molecule has 6 atom stereocenters. The molecule has 0 amide bonds. The zero-order valence-corrected chi connectivity index (χ0v) is 24.8. The van der Waals surface area contributed by atoms with Crippen molar-refractivity contribution in [2.45, 2.75) is 147 Å². The maximum atomic E-state index is 13.3. The maximum absolute atomic E-state index is 13.3. The minimum absolute atomic E-state index is 0.000132. The first-order valence-electron chi connectivity index (χ1n) is 16.5. The van der Waals surface area contributed by atoms with Crippen LogP contribution >= 0.6 is 0 Å². The molecule has 2 aliphatic carbocycles. The third-order valence-electron chi connectivity index (χ3n) is 9.73. The molecule has 40 heavy (non-hydrogen) atoms. The molecule has 0 aromatic carbocycles. The van der Waals surface area contributed by atoms with Gasteiger partial charge in [-0.25, -0.2) is 0 Å². The first kappa shape index (κ1) is 31.7. The van der Waals surface area contributed by atoms with Crippen LogP contribution in [0.5, 0.6) is 0 Å². The van der Waals surface area contributed by atoms with Gasteiger partial charge in [0.2, 0.25) is 0 Å². The van der Waals surface area contributed by atoms with E-state index in [0.717, 1.165) is 83.3 Å². The van der Waals surface area contributed by atoms with Gasteiger partial charge in [0, 0.05) is 37.9 Å². The van der Waals surface area contributed by atoms with E-state index in [2.05, 4.69) is 19.1 Å². The summed E-state index contributed by atoms with van der Waals surface area (Å²) in [6.45, 7) is 3.80. The topological polar surface area (TPSA) is 91.3 Å². The summed E-state index contributed by atoms with van der Waals surface area (Å²) in [4.78, 5) is 24.1. The highest BCUT2D eigenvalue weighted by Gasteiger charge is 2.43. The van der Waals surface area contributed by atoms with Gasteiger partial charge in [0.05, 0.1) is 12.2 Å². The van der Waals surface area contributed by atoms with Crippen molar-refractivity contribution in [3.63, 3.8) is 0 Å². The predicted molar refractivity (Wildman–Crippen MR) is 154 cm³/mol. The number of hydrogen-bond donors (Lipinski definition) is 1. The fourth-order valence-electron chi connectivity index (χ4n) is 7.19. The summed E-state index contributed by atoms with van der Waals surface area (Å²) >= 11 is 0. The average Bonchev–Trinajstić information content (AvgIpc) is 3.27. The minimum atomic E-state index is -0.736. The number of Topliss-reactive ketones (excluding diaryl/α,β-unsaturated/α-hetero) is 1. The van der Waals surface area contributed by atoms with Gasteiger partial charge in [-0.15, -0.1) is 0 Å². The molecule has 4 aliphatic rings. The zero-order chi connectivity index (χ0) is 28.2. The molecule has 2 unspecified atom stereocenters. The van der Waals surface area contributed by atoms with Crippen LogP contribution in [0.3, 0.4) is 0 Å². The molecule has 2 aliphatic heterocycles. The first-order valence-corrected chi connectivity index (χ1v) is 16.5. The lowest BCUT2D eigenvalue weighted by molar-refractivity contribution is -0.193. The minimum Gasteiger partial charge on any atom is -0.481 e. The van der Waals surface area contributed by atoms with Gasteiger partial charge in [-0.1, -0.05) is 57.6 Å². The van der Waals surface area contributed by atoms with Crippen molar-refractivity contribution in [3.8, 4) is 0 Å². The number of ether oxygens (including phenoxy) is 4. The van der Waals surface area contributed by atoms with Crippen LogP contribution in [-0.4, -0.2) is 54.9 Å². The number of carboxylic acid groups (broad SMARTS) is 1. The molecular weight excluding hydrogens is 508 g/mol. The molecule has 228 valence electrons. The summed E-state index contributed by atoms with van der Waals surface area (Å²) in [6.07, 6.45) is 21.4. The number of ketones is 1. The summed E-state index contributed by atoms with van der Waals surface area (Å²) in [5, 5.41) is 8.91. The van der Waals surface area contributed by atoms with Crippen LogP contribution in [0.15, 0.2) is 12.2 Å². The molecule has 4 rings (SSSR count). The Hall–Kier alpha value is -1.28. The van der Waals surface area contributed by atoms with Gasteiger partial charge in [0.25, 0.3) is 0 Å². The molecule has 0 spiro atoms. The van der Waals surface area contributed by atoms with Crippen LogP contribution in [0, 0.1) is 23.7 Å². The van der Waals surface area contributed by atoms with Crippen molar-refractivity contribution < 1.29 is 33.6 Å². The molecule has 0 aromatic rings. The molecule has 0 bridgehead atoms. The number of rotatable bonds is 15. The number of carbonyl (C=O) groups excluding carboxylic acids is 1. The van der Waals surface area contributed by atoms with E-state index in [0.29, 0.717) is 18.8 Å². The SMILES string of the molecule is CC[C@H]1CC[C@H]([C@@H](C=C[C@H]2[C@H](OC3CCCCO3)CC(=O)[C@@H]2CCCCCCC(=O)O)OC2CCCCO2)CC1. The van der Waals surface area contributed by atoms with Crippen molar-refractivity contribution in [2.24, 2.45) is 23.7 Å². The Labute approximate surface area is 241 Å². The van der Waals surface area contributed by atoms with Crippen LogP contribution in [0.4, 0.5) is 0 Å². The van der Waals surface area contributed by atoms with Gasteiger partial charge in [-0.05, 0) is 76.0 Å². The normalized spacial score (nSPS) is 34.3. The fourth-order valence-corrected chi connectivity index (χ4v) is 7.19. The monoisotopic (exact) mass is 562 g/mol. The lowest BCUT2D eigenvalue weighted by Crippen LogP contribution is -2.34. The van der Waals surface area contributed by atoms with Crippen molar-refractivity contribution in [2.75, 3.05) is 13.2 Å². The van der Waals surface area contributed by atoms with E-state index in [-0.39, 0.29) is 48.8 Å². The molecule has 4 fully saturated rings. The van der Waals surface area contributed by atoms with Crippen LogP contribution in [0.2, 0.25) is 0 Å². The molecule has 2 saturated heterocycles. The van der Waals surface area contributed by atoms with Crippen molar-refractivity contribution in [3.05, 3.63) is 12.2 Å². The number of hydrogen-bond acceptors (Lipinski definition) is 6. The van der Waals surface area contributed by atoms with Crippen LogP contribution in [0.1, 0.15) is 122 Å². The summed E-state index contributed by atoms with van der Waals surface area (Å²) in [5.41, 5.74) is 0. The molecule has 7 heteroatoms. The largest absolute Gasteiger partial charge is 0.481 e. The van der Waals surface area contributed by atoms with E-state index in [4.69, 9.17) is 24.1 Å². The highest BCUT2D eigenvalue weighted by atomic mass is 16.7. The maximum Gasteiger partial charge on any atom is 0.303 e. The number of aliphatic carboxylic acids is 1. The molecule has 7 nitrogen and oxygen atoms in total. The molecule has 2 heterocycles. The van der Waals surface area contributed by atoms with E-state index in [1.165, 1.54) is 32.1 Å². The highest BCUT2D eigenvalue weighted by molar-refractivity contribution is 5.84. The summed E-state index contributed by atoms with van der Waals surface area (Å²) in [7, 11) is 0. The lowest BCUT2D eigenvalue weighted by atomic mass is 9.78. The van der Waals surface area contributed by atoms with E-state index in [1.54, 1.807) is 0 Å². The second-order valence-electron chi connectivity index (χ2n) is 12.6. The van der Waals surface area contributed by atoms with Crippen molar-refractivity contribution in [1.82, 2.24) is 0 Å². The summed E-state index contributed by atoms with van der Waals surface area (Å²) < 4.78 is 25.0. The smallest absolute Gasteiger partial charge is 0.303 e. The van der Waals surface area contributed by atoms with Gasteiger partial charge < -0.3 is 24.1 Å². The van der Waals surface area contributed by atoms with Gasteiger partial charge >= 0.3 is 5.97 Å². The highest BCUT2D eigenvalue weighted by Crippen LogP contribution is 2.39. The third kappa shape index (κ3) is 9.92. The molecule has 2 saturated carbocycles. The van der Waals surface area contributed by atoms with Gasteiger partial charge in [0.1, 0.15) is 5.78 Å². The van der Waals surface area contributed by atoms with Crippen molar-refractivity contribution in [1.29, 1.82) is 0 Å². The van der Waals surface area contributed by atoms with E-state index >= 15 is 0 Å². The Morgan fingerprint density at radius 2 is 1.65 bits per heavy atom. The van der Waals surface area contributed by atoms with Gasteiger partial charge in [-0.2, -0.15) is 0 Å². The zero-order valence-electron chi connectivity index (χ0n) is 24.8. The average molecular weight is 563 g/mol. The number of carboxylic acids is 1. The van der Waals surface area contributed by atoms with Gasteiger partial charge in [-0.3, -0.25) is 9.59 Å². The Bertz CT molecular complexity index is 778. The second kappa shape index (κ2) is 17.0. The molecule has 0 aromatic heterocycles. The van der Waals surface area contributed by atoms with Crippen LogP contribution in [-0.2, 0) is 28.5 Å². The van der Waals surface area contributed by atoms with E-state index < -0.39 is 5.97 Å². The predicted octanol–water partition coefficient (Wildman–Crippen LogP) is 7.21. The first-order chi connectivity index (χ1) is 19.5. The number of carbonyl (C=O) groups is 2. The number of unbranched alkanes of at least 4 members (excludes halogenated alkanes) is 3. The van der Waals surface area contributed by atoms with E-state index in [9.17, 15) is 9.59 Å². The molecule has 0 radical (unpaired) electrons. The fraction of sp³-hybridized carbons (Fsp3) is 0.879. The van der Waals surface area contributed by atoms with Gasteiger partial charge in [0.15, 0.2) is 12.6 Å².